The monoisotopic (exact) mass is 441 g/mol. The fourth-order valence-electron chi connectivity index (χ4n) is 3.95. The van der Waals surface area contributed by atoms with E-state index in [0.717, 1.165) is 6.07 Å². The quantitative estimate of drug-likeness (QED) is 0.630. The molecule has 2 unspecified atom stereocenters. The Kier molecular flexibility index (Phi) is 6.93. The van der Waals surface area contributed by atoms with Crippen molar-refractivity contribution in [2.45, 2.75) is 32.0 Å². The smallest absolute Gasteiger partial charge is 0.417 e. The van der Waals surface area contributed by atoms with E-state index in [-0.39, 0.29) is 11.6 Å². The Morgan fingerprint density at radius 3 is 2.70 bits per heavy atom. The molecule has 1 aliphatic heterocycles. The van der Waals surface area contributed by atoms with Crippen LogP contribution in [0, 0.1) is 5.92 Å². The molecule has 2 aromatic carbocycles. The molecule has 1 heterocycles. The van der Waals surface area contributed by atoms with Crippen LogP contribution in [0.2, 0.25) is 5.02 Å². The number of carboxylic acid groups (broad SMARTS) is 1. The third kappa shape index (κ3) is 4.90. The second-order valence-electron chi connectivity index (χ2n) is 7.28. The average Bonchev–Trinajstić information content (AvgIpc) is 2.70. The molecular weight excluding hydrogens is 419 g/mol. The molecule has 0 spiro atoms. The number of para-hydroxylation sites is 1. The van der Waals surface area contributed by atoms with Crippen molar-refractivity contribution in [3.8, 4) is 5.75 Å². The maximum atomic E-state index is 13.5. The van der Waals surface area contributed by atoms with Crippen molar-refractivity contribution in [2.75, 3.05) is 19.7 Å². The molecule has 0 amide bonds. The number of aliphatic carboxylic acids is 1. The number of hydrogen-bond donors (Lipinski definition) is 1. The summed E-state index contributed by atoms with van der Waals surface area (Å²) in [4.78, 5) is 13.5. The summed E-state index contributed by atoms with van der Waals surface area (Å²) >= 11 is 5.83. The third-order valence-corrected chi connectivity index (χ3v) is 5.62. The van der Waals surface area contributed by atoms with E-state index in [4.69, 9.17) is 16.3 Å². The minimum absolute atomic E-state index is 0.241. The van der Waals surface area contributed by atoms with Gasteiger partial charge in [0.2, 0.25) is 0 Å². The van der Waals surface area contributed by atoms with Crippen molar-refractivity contribution in [1.29, 1.82) is 0 Å². The first-order valence-corrected chi connectivity index (χ1v) is 10.2. The number of carboxylic acids is 1. The summed E-state index contributed by atoms with van der Waals surface area (Å²) in [5.74, 6) is -0.913. The average molecular weight is 442 g/mol. The summed E-state index contributed by atoms with van der Waals surface area (Å²) in [5.41, 5.74) is 0.179. The maximum Gasteiger partial charge on any atom is 0.417 e. The molecule has 8 heteroatoms. The fourth-order valence-corrected chi connectivity index (χ4v) is 4.18. The van der Waals surface area contributed by atoms with Crippen LogP contribution >= 0.6 is 11.6 Å². The van der Waals surface area contributed by atoms with Crippen molar-refractivity contribution in [3.05, 3.63) is 64.2 Å². The number of nitrogens with zero attached hydrogens (tertiary/aromatic N) is 1. The van der Waals surface area contributed by atoms with Gasteiger partial charge < -0.3 is 9.84 Å². The van der Waals surface area contributed by atoms with Gasteiger partial charge in [-0.25, -0.2) is 0 Å². The van der Waals surface area contributed by atoms with Gasteiger partial charge in [-0.2, -0.15) is 13.2 Å². The zero-order chi connectivity index (χ0) is 21.9. The number of rotatable bonds is 6. The lowest BCUT2D eigenvalue weighted by molar-refractivity contribution is -0.143. The predicted octanol–water partition coefficient (Wildman–Crippen LogP) is 5.64. The van der Waals surface area contributed by atoms with Crippen LogP contribution in [0.25, 0.3) is 0 Å². The first-order chi connectivity index (χ1) is 14.2. The molecular formula is C22H23ClF3NO3. The standard InChI is InChI=1S/C22H23ClF3NO3/c1-2-30-19-8-4-3-7-16(19)20(27-11-5-6-15(13-27)21(28)29)14-9-10-18(23)17(12-14)22(24,25)26/h3-4,7-10,12,15,20H,2,5-6,11,13H2,1H3,(H,28,29). The lowest BCUT2D eigenvalue weighted by atomic mass is 9.90. The molecule has 0 bridgehead atoms. The number of halogens is 4. The molecule has 0 aliphatic carbocycles. The molecule has 2 aromatic rings. The third-order valence-electron chi connectivity index (χ3n) is 5.29. The first kappa shape index (κ1) is 22.4. The van der Waals surface area contributed by atoms with Gasteiger partial charge in [-0.05, 0) is 50.1 Å². The van der Waals surface area contributed by atoms with Crippen LogP contribution < -0.4 is 4.74 Å². The van der Waals surface area contributed by atoms with E-state index in [1.54, 1.807) is 24.3 Å². The fraction of sp³-hybridized carbons (Fsp3) is 0.409. The molecule has 2 atom stereocenters. The summed E-state index contributed by atoms with van der Waals surface area (Å²) in [5, 5.41) is 9.12. The molecule has 1 saturated heterocycles. The van der Waals surface area contributed by atoms with E-state index < -0.39 is 29.7 Å². The maximum absolute atomic E-state index is 13.5. The Morgan fingerprint density at radius 2 is 2.03 bits per heavy atom. The van der Waals surface area contributed by atoms with Crippen LogP contribution in [0.3, 0.4) is 0 Å². The van der Waals surface area contributed by atoms with Crippen LogP contribution in [0.5, 0.6) is 5.75 Å². The van der Waals surface area contributed by atoms with E-state index in [1.807, 2.05) is 17.9 Å². The SMILES string of the molecule is CCOc1ccccc1C(c1ccc(Cl)c(C(F)(F)F)c1)N1CCCC(C(=O)O)C1. The molecule has 4 nitrogen and oxygen atoms in total. The largest absolute Gasteiger partial charge is 0.494 e. The minimum atomic E-state index is -4.59. The number of piperidine rings is 1. The van der Waals surface area contributed by atoms with E-state index >= 15 is 0 Å². The summed E-state index contributed by atoms with van der Waals surface area (Å²) in [6, 6.07) is 10.4. The Labute approximate surface area is 178 Å². The van der Waals surface area contributed by atoms with E-state index in [0.29, 0.717) is 42.9 Å². The van der Waals surface area contributed by atoms with Crippen LogP contribution in [0.15, 0.2) is 42.5 Å². The Hall–Kier alpha value is -2.25. The Balaban J connectivity index is 2.13. The molecule has 162 valence electrons. The predicted molar refractivity (Wildman–Crippen MR) is 108 cm³/mol. The lowest BCUT2D eigenvalue weighted by Gasteiger charge is -2.38. The zero-order valence-corrected chi connectivity index (χ0v) is 17.2. The normalized spacial score (nSPS) is 18.8. The van der Waals surface area contributed by atoms with Crippen LogP contribution in [0.1, 0.15) is 42.5 Å². The van der Waals surface area contributed by atoms with E-state index in [9.17, 15) is 23.1 Å². The van der Waals surface area contributed by atoms with Gasteiger partial charge in [0.25, 0.3) is 0 Å². The highest BCUT2D eigenvalue weighted by molar-refractivity contribution is 6.31. The highest BCUT2D eigenvalue weighted by Gasteiger charge is 2.36. The summed E-state index contributed by atoms with van der Waals surface area (Å²) in [6.07, 6.45) is -3.41. The van der Waals surface area contributed by atoms with Gasteiger partial charge in [0, 0.05) is 12.1 Å². The zero-order valence-electron chi connectivity index (χ0n) is 16.5. The second-order valence-corrected chi connectivity index (χ2v) is 7.69. The number of carbonyl (C=O) groups is 1. The molecule has 1 aliphatic rings. The van der Waals surface area contributed by atoms with Crippen molar-refractivity contribution >= 4 is 17.6 Å². The van der Waals surface area contributed by atoms with Gasteiger partial charge in [0.05, 0.1) is 29.2 Å². The number of hydrogen-bond acceptors (Lipinski definition) is 3. The summed E-state index contributed by atoms with van der Waals surface area (Å²) in [7, 11) is 0. The van der Waals surface area contributed by atoms with Crippen LogP contribution in [-0.2, 0) is 11.0 Å². The van der Waals surface area contributed by atoms with Gasteiger partial charge in [-0.3, -0.25) is 9.69 Å². The minimum Gasteiger partial charge on any atom is -0.494 e. The molecule has 0 aromatic heterocycles. The number of benzene rings is 2. The van der Waals surface area contributed by atoms with Gasteiger partial charge in [-0.15, -0.1) is 0 Å². The number of alkyl halides is 3. The molecule has 1 N–H and O–H groups in total. The first-order valence-electron chi connectivity index (χ1n) is 9.77. The lowest BCUT2D eigenvalue weighted by Crippen LogP contribution is -2.41. The van der Waals surface area contributed by atoms with Gasteiger partial charge >= 0.3 is 12.1 Å². The van der Waals surface area contributed by atoms with Gasteiger partial charge in [-0.1, -0.05) is 35.9 Å². The number of likely N-dealkylation sites (tertiary alicyclic amines) is 1. The van der Waals surface area contributed by atoms with Crippen molar-refractivity contribution in [1.82, 2.24) is 4.90 Å². The molecule has 3 rings (SSSR count). The summed E-state index contributed by atoms with van der Waals surface area (Å²) in [6.45, 7) is 3.04. The molecule has 0 radical (unpaired) electrons. The van der Waals surface area contributed by atoms with Crippen molar-refractivity contribution in [2.24, 2.45) is 5.92 Å². The van der Waals surface area contributed by atoms with Gasteiger partial charge in [0.15, 0.2) is 0 Å². The van der Waals surface area contributed by atoms with Crippen molar-refractivity contribution in [3.63, 3.8) is 0 Å². The van der Waals surface area contributed by atoms with E-state index in [2.05, 4.69) is 0 Å². The molecule has 0 saturated carbocycles. The van der Waals surface area contributed by atoms with Crippen molar-refractivity contribution < 1.29 is 27.8 Å². The highest BCUT2D eigenvalue weighted by Crippen LogP contribution is 2.41. The Morgan fingerprint density at radius 1 is 1.30 bits per heavy atom. The van der Waals surface area contributed by atoms with Crippen LogP contribution in [0.4, 0.5) is 13.2 Å². The second kappa shape index (κ2) is 9.27. The van der Waals surface area contributed by atoms with Gasteiger partial charge in [0.1, 0.15) is 5.75 Å². The molecule has 1 fully saturated rings. The number of ether oxygens (including phenoxy) is 1. The van der Waals surface area contributed by atoms with E-state index in [1.165, 1.54) is 6.07 Å². The topological polar surface area (TPSA) is 49.8 Å². The molecule has 30 heavy (non-hydrogen) atoms. The highest BCUT2D eigenvalue weighted by atomic mass is 35.5. The summed E-state index contributed by atoms with van der Waals surface area (Å²) < 4.78 is 46.2. The van der Waals surface area contributed by atoms with Crippen LogP contribution in [-0.4, -0.2) is 35.7 Å². The Bertz CT molecular complexity index is 903.